The van der Waals surface area contributed by atoms with Gasteiger partial charge in [0.25, 0.3) is 5.91 Å². The second-order valence-electron chi connectivity index (χ2n) is 17.2. The van der Waals surface area contributed by atoms with Crippen molar-refractivity contribution in [2.45, 2.75) is 74.9 Å². The molecule has 0 radical (unpaired) electrons. The molecule has 4 aromatic rings. The second-order valence-corrected chi connectivity index (χ2v) is 22.0. The number of anilines is 1. The summed E-state index contributed by atoms with van der Waals surface area (Å²) in [6, 6.07) is 19.8. The van der Waals surface area contributed by atoms with Gasteiger partial charge >= 0.3 is 0 Å². The third-order valence-electron chi connectivity index (χ3n) is 12.7. The number of piperidine rings is 2. The number of rotatable bonds is 14. The molecule has 8 rings (SSSR count). The molecule has 1 aromatic heterocycles. The molecule has 4 aliphatic heterocycles. The third-order valence-corrected chi connectivity index (χ3v) is 15.7. The van der Waals surface area contributed by atoms with Crippen LogP contribution in [0.5, 0.6) is 5.75 Å². The van der Waals surface area contributed by atoms with E-state index in [2.05, 4.69) is 38.3 Å². The number of thioether (sulfide) groups is 1. The summed E-state index contributed by atoms with van der Waals surface area (Å²) in [5.41, 5.74) is 5.28. The Morgan fingerprint density at radius 2 is 1.71 bits per heavy atom. The Bertz CT molecular complexity index is 2430. The highest BCUT2D eigenvalue weighted by molar-refractivity contribution is 7.99. The van der Waals surface area contributed by atoms with Gasteiger partial charge in [-0.05, 0) is 80.2 Å². The molecule has 1 N–H and O–H groups in total. The Labute approximate surface area is 378 Å². The fourth-order valence-corrected chi connectivity index (χ4v) is 11.7. The molecule has 5 heterocycles. The van der Waals surface area contributed by atoms with Gasteiger partial charge in [-0.1, -0.05) is 41.9 Å². The topological polar surface area (TPSA) is 145 Å². The first-order valence-corrected chi connectivity index (χ1v) is 25.8. The van der Waals surface area contributed by atoms with Crippen molar-refractivity contribution in [3.8, 4) is 5.75 Å². The molecular weight excluding hydrogens is 857 g/mol. The standard InChI is InChI=1S/C47H55ClN7O6PS/c1-61-41-28-35(11-10-31(41)27-43-49-29-38(48)39(50-43)26-32-7-4-5-8-42(32)62(2,3)60)52-18-16-34(17-19-52)53-20-22-54(23-21-53)45(57)9-6-24-63-36-12-13-37-33(25-36)30-55(47(37)59)40-14-15-44(56)51-46(40)58/h4-5,7-8,10-13,25,28-29,34,40H,6,9,14-24,26-27,30H2,1-3H3,(H,51,56,58). The molecule has 0 saturated carbocycles. The lowest BCUT2D eigenvalue weighted by atomic mass is 10.0. The molecular formula is C47H55ClN7O6PS. The van der Waals surface area contributed by atoms with Crippen LogP contribution in [0.1, 0.15) is 77.1 Å². The van der Waals surface area contributed by atoms with Crippen molar-refractivity contribution in [3.63, 3.8) is 0 Å². The molecule has 3 aromatic carbocycles. The summed E-state index contributed by atoms with van der Waals surface area (Å²) in [6.45, 7) is 9.07. The van der Waals surface area contributed by atoms with Crippen molar-refractivity contribution < 1.29 is 28.5 Å². The number of hydrogen-bond acceptors (Lipinski definition) is 11. The minimum Gasteiger partial charge on any atom is -0.496 e. The van der Waals surface area contributed by atoms with E-state index < -0.39 is 19.1 Å². The van der Waals surface area contributed by atoms with Crippen molar-refractivity contribution in [2.75, 3.05) is 70.4 Å². The number of hydrogen-bond donors (Lipinski definition) is 1. The SMILES string of the molecule is COc1cc(N2CCC(N3CCN(C(=O)CCCSc4ccc5c(c4)CN(C4CCC(=O)NC4=O)C5=O)CC3)CC2)ccc1Cc1ncc(Cl)c(Cc2ccccc2P(C)(C)=O)n1. The number of ether oxygens (including phenoxy) is 1. The van der Waals surface area contributed by atoms with Crippen LogP contribution in [0.3, 0.4) is 0 Å². The van der Waals surface area contributed by atoms with Crippen LogP contribution >= 0.6 is 30.5 Å². The predicted octanol–water partition coefficient (Wildman–Crippen LogP) is 6.01. The summed E-state index contributed by atoms with van der Waals surface area (Å²) in [5.74, 6) is 1.56. The molecule has 0 bridgehead atoms. The van der Waals surface area contributed by atoms with Gasteiger partial charge < -0.3 is 24.0 Å². The van der Waals surface area contributed by atoms with Gasteiger partial charge in [-0.15, -0.1) is 11.8 Å². The van der Waals surface area contributed by atoms with E-state index in [0.717, 1.165) is 103 Å². The summed E-state index contributed by atoms with van der Waals surface area (Å²) in [5, 5.41) is 3.68. The Hall–Kier alpha value is -4.75. The van der Waals surface area contributed by atoms with Gasteiger partial charge in [0.15, 0.2) is 0 Å². The fourth-order valence-electron chi connectivity index (χ4n) is 9.30. The number of benzene rings is 3. The van der Waals surface area contributed by atoms with Crippen molar-refractivity contribution in [3.05, 3.63) is 106 Å². The van der Waals surface area contributed by atoms with Crippen LogP contribution in [0.15, 0.2) is 71.8 Å². The number of piperazine rings is 1. The van der Waals surface area contributed by atoms with E-state index in [1.54, 1.807) is 43.3 Å². The maximum absolute atomic E-state index is 13.2. The van der Waals surface area contributed by atoms with E-state index in [0.29, 0.717) is 60.4 Å². The minimum absolute atomic E-state index is 0.170. The van der Waals surface area contributed by atoms with Crippen LogP contribution in [0, 0.1) is 0 Å². The number of halogens is 1. The first-order valence-electron chi connectivity index (χ1n) is 21.8. The first kappa shape index (κ1) is 44.8. The molecule has 16 heteroatoms. The van der Waals surface area contributed by atoms with Crippen LogP contribution in [0.25, 0.3) is 0 Å². The number of imide groups is 1. The Morgan fingerprint density at radius 3 is 2.46 bits per heavy atom. The highest BCUT2D eigenvalue weighted by Gasteiger charge is 2.39. The maximum atomic E-state index is 13.2. The Balaban J connectivity index is 0.765. The number of carbonyl (C=O) groups is 4. The lowest BCUT2D eigenvalue weighted by Crippen LogP contribution is -2.54. The number of carbonyl (C=O) groups excluding carboxylic acids is 4. The van der Waals surface area contributed by atoms with Crippen molar-refractivity contribution in [1.29, 1.82) is 0 Å². The van der Waals surface area contributed by atoms with Gasteiger partial charge in [0.1, 0.15) is 24.8 Å². The third kappa shape index (κ3) is 10.5. The summed E-state index contributed by atoms with van der Waals surface area (Å²) in [4.78, 5) is 69.2. The van der Waals surface area contributed by atoms with E-state index in [-0.39, 0.29) is 24.1 Å². The molecule has 0 spiro atoms. The average Bonchev–Trinajstić information content (AvgIpc) is 3.60. The number of methoxy groups -OCH3 is 1. The molecule has 3 fully saturated rings. The lowest BCUT2D eigenvalue weighted by Gasteiger charge is -2.43. The second kappa shape index (κ2) is 19.6. The highest BCUT2D eigenvalue weighted by Crippen LogP contribution is 2.37. The molecule has 3 saturated heterocycles. The van der Waals surface area contributed by atoms with Crippen molar-refractivity contribution in [1.82, 2.24) is 30.0 Å². The van der Waals surface area contributed by atoms with Gasteiger partial charge in [-0.3, -0.25) is 29.4 Å². The van der Waals surface area contributed by atoms with Gasteiger partial charge in [0.05, 0.1) is 17.8 Å². The van der Waals surface area contributed by atoms with Crippen molar-refractivity contribution in [2.24, 2.45) is 0 Å². The maximum Gasteiger partial charge on any atom is 0.255 e. The predicted molar refractivity (Wildman–Crippen MR) is 247 cm³/mol. The zero-order valence-electron chi connectivity index (χ0n) is 36.2. The summed E-state index contributed by atoms with van der Waals surface area (Å²) >= 11 is 8.25. The molecule has 332 valence electrons. The van der Waals surface area contributed by atoms with Crippen molar-refractivity contribution >= 4 is 65.1 Å². The Kier molecular flexibility index (Phi) is 13.9. The van der Waals surface area contributed by atoms with Crippen LogP contribution in [0.4, 0.5) is 5.69 Å². The van der Waals surface area contributed by atoms with Gasteiger partial charge in [-0.2, -0.15) is 0 Å². The van der Waals surface area contributed by atoms with E-state index in [9.17, 15) is 23.7 Å². The van der Waals surface area contributed by atoms with Crippen LogP contribution in [-0.4, -0.2) is 126 Å². The molecule has 1 atom stereocenters. The van der Waals surface area contributed by atoms with Gasteiger partial charge in [-0.25, -0.2) is 9.97 Å². The molecule has 13 nitrogen and oxygen atoms in total. The summed E-state index contributed by atoms with van der Waals surface area (Å²) in [6.07, 6.45) is 6.56. The molecule has 0 aliphatic carbocycles. The molecule has 63 heavy (non-hydrogen) atoms. The van der Waals surface area contributed by atoms with E-state index >= 15 is 0 Å². The number of nitrogens with one attached hydrogen (secondary N) is 1. The van der Waals surface area contributed by atoms with Gasteiger partial charge in [0.2, 0.25) is 17.7 Å². The van der Waals surface area contributed by atoms with Crippen LogP contribution in [0.2, 0.25) is 5.02 Å². The number of nitrogens with zero attached hydrogens (tertiary/aromatic N) is 6. The monoisotopic (exact) mass is 911 g/mol. The fraction of sp³-hybridized carbons (Fsp3) is 0.447. The zero-order chi connectivity index (χ0) is 44.3. The van der Waals surface area contributed by atoms with Gasteiger partial charge in [0, 0.05) is 117 Å². The molecule has 4 amide bonds. The van der Waals surface area contributed by atoms with Crippen LogP contribution < -0.4 is 20.3 Å². The molecule has 4 aliphatic rings. The average molecular weight is 912 g/mol. The minimum atomic E-state index is -2.48. The lowest BCUT2D eigenvalue weighted by molar-refractivity contribution is -0.137. The van der Waals surface area contributed by atoms with E-state index in [1.807, 2.05) is 47.4 Å². The largest absolute Gasteiger partial charge is 0.496 e. The summed E-state index contributed by atoms with van der Waals surface area (Å²) < 4.78 is 18.8. The smallest absolute Gasteiger partial charge is 0.255 e. The summed E-state index contributed by atoms with van der Waals surface area (Å²) in [7, 11) is -0.784. The normalized spacial score (nSPS) is 18.8. The van der Waals surface area contributed by atoms with E-state index in [1.165, 1.54) is 0 Å². The number of aromatic nitrogens is 2. The number of amides is 4. The number of fused-ring (bicyclic) bond motifs is 1. The first-order chi connectivity index (χ1) is 30.3. The van der Waals surface area contributed by atoms with E-state index in [4.69, 9.17) is 21.3 Å². The zero-order valence-corrected chi connectivity index (χ0v) is 38.7. The highest BCUT2D eigenvalue weighted by atomic mass is 35.5. The molecule has 1 unspecified atom stereocenters. The quantitative estimate of drug-likeness (QED) is 0.0687. The van der Waals surface area contributed by atoms with Crippen LogP contribution in [-0.2, 0) is 38.3 Å². The Morgan fingerprint density at radius 1 is 0.937 bits per heavy atom.